The van der Waals surface area contributed by atoms with Gasteiger partial charge >= 0.3 is 5.69 Å². The van der Waals surface area contributed by atoms with E-state index in [2.05, 4.69) is 15.0 Å². The van der Waals surface area contributed by atoms with Gasteiger partial charge in [-0.1, -0.05) is 30.3 Å². The van der Waals surface area contributed by atoms with Gasteiger partial charge in [-0.15, -0.1) is 0 Å². The van der Waals surface area contributed by atoms with Gasteiger partial charge in [-0.3, -0.25) is 9.59 Å². The number of nitrogens with zero attached hydrogens (tertiary/aromatic N) is 5. The zero-order chi connectivity index (χ0) is 22.8. The fraction of sp³-hybridized carbons (Fsp3) is 0.375. The summed E-state index contributed by atoms with van der Waals surface area (Å²) in [6.07, 6.45) is 6.55. The normalized spacial score (nSPS) is 16.8. The molecule has 1 aliphatic carbocycles. The van der Waals surface area contributed by atoms with Crippen LogP contribution in [0.5, 0.6) is 0 Å². The number of aryl methyl sites for hydroxylation is 1. The predicted molar refractivity (Wildman–Crippen MR) is 123 cm³/mol. The van der Waals surface area contributed by atoms with Gasteiger partial charge in [0.2, 0.25) is 5.95 Å². The molecule has 33 heavy (non-hydrogen) atoms. The van der Waals surface area contributed by atoms with Crippen molar-refractivity contribution in [3.63, 3.8) is 0 Å². The Bertz CT molecular complexity index is 1250. The minimum Gasteiger partial charge on any atom is -0.337 e. The number of nitrogens with one attached hydrogen (secondary N) is 1. The molecule has 1 unspecified atom stereocenters. The maximum atomic E-state index is 13.8. The molecule has 9 heteroatoms. The second-order valence-corrected chi connectivity index (χ2v) is 8.44. The number of carbonyl (C=O) groups excluding carboxylic acids is 1. The zero-order valence-electron chi connectivity index (χ0n) is 18.3. The van der Waals surface area contributed by atoms with Crippen LogP contribution in [0, 0.1) is 0 Å². The van der Waals surface area contributed by atoms with E-state index in [1.807, 2.05) is 23.1 Å². The summed E-state index contributed by atoms with van der Waals surface area (Å²) in [5.41, 5.74) is 1.08. The lowest BCUT2D eigenvalue weighted by Crippen LogP contribution is -2.53. The number of rotatable bonds is 4. The third kappa shape index (κ3) is 4.06. The summed E-state index contributed by atoms with van der Waals surface area (Å²) >= 11 is 0. The monoisotopic (exact) mass is 446 g/mol. The summed E-state index contributed by atoms with van der Waals surface area (Å²) in [7, 11) is 0. The zero-order valence-corrected chi connectivity index (χ0v) is 18.3. The van der Waals surface area contributed by atoms with E-state index >= 15 is 0 Å². The molecular formula is C24H26N6O3. The third-order valence-corrected chi connectivity index (χ3v) is 6.46. The topological polar surface area (TPSA) is 104 Å². The number of carbonyl (C=O) groups is 1. The summed E-state index contributed by atoms with van der Waals surface area (Å²) in [6.45, 7) is 2.06. The first-order valence-corrected chi connectivity index (χ1v) is 11.4. The molecule has 1 aromatic carbocycles. The van der Waals surface area contributed by atoms with Crippen molar-refractivity contribution in [1.82, 2.24) is 24.4 Å². The Morgan fingerprint density at radius 3 is 2.33 bits per heavy atom. The van der Waals surface area contributed by atoms with Crippen molar-refractivity contribution in [2.45, 2.75) is 31.7 Å². The smallest absolute Gasteiger partial charge is 0.329 e. The van der Waals surface area contributed by atoms with E-state index < -0.39 is 11.7 Å². The van der Waals surface area contributed by atoms with Crippen molar-refractivity contribution in [1.29, 1.82) is 0 Å². The number of amides is 1. The van der Waals surface area contributed by atoms with Crippen molar-refractivity contribution in [2.24, 2.45) is 0 Å². The number of aromatic nitrogens is 4. The highest BCUT2D eigenvalue weighted by Gasteiger charge is 2.33. The molecule has 170 valence electrons. The summed E-state index contributed by atoms with van der Waals surface area (Å²) in [5.74, 6) is 0.379. The Kier molecular flexibility index (Phi) is 5.77. The molecule has 0 spiro atoms. The Balaban J connectivity index is 1.48. The van der Waals surface area contributed by atoms with Crippen LogP contribution in [0.15, 0.2) is 58.4 Å². The molecule has 1 amide bonds. The van der Waals surface area contributed by atoms with Gasteiger partial charge in [-0.2, -0.15) is 0 Å². The number of hydrogen-bond donors (Lipinski definition) is 1. The summed E-state index contributed by atoms with van der Waals surface area (Å²) < 4.78 is 1.12. The molecule has 1 aliphatic heterocycles. The van der Waals surface area contributed by atoms with Gasteiger partial charge in [0.25, 0.3) is 11.5 Å². The molecule has 9 nitrogen and oxygen atoms in total. The van der Waals surface area contributed by atoms with Crippen molar-refractivity contribution >= 4 is 11.9 Å². The molecular weight excluding hydrogens is 420 g/mol. The van der Waals surface area contributed by atoms with E-state index in [0.29, 0.717) is 61.8 Å². The van der Waals surface area contributed by atoms with Gasteiger partial charge in [0.1, 0.15) is 6.04 Å². The summed E-state index contributed by atoms with van der Waals surface area (Å²) in [6, 6.07) is 9.83. The largest absolute Gasteiger partial charge is 0.337 e. The average molecular weight is 447 g/mol. The predicted octanol–water partition coefficient (Wildman–Crippen LogP) is 1.14. The highest BCUT2D eigenvalue weighted by Crippen LogP contribution is 2.22. The molecule has 3 aromatic rings. The van der Waals surface area contributed by atoms with Crippen LogP contribution < -0.4 is 16.1 Å². The molecule has 0 radical (unpaired) electrons. The number of benzene rings is 1. The van der Waals surface area contributed by atoms with Gasteiger partial charge in [0.15, 0.2) is 0 Å². The van der Waals surface area contributed by atoms with Gasteiger partial charge in [-0.05, 0) is 37.3 Å². The Morgan fingerprint density at radius 2 is 1.61 bits per heavy atom. The van der Waals surface area contributed by atoms with Crippen LogP contribution in [0.1, 0.15) is 35.7 Å². The van der Waals surface area contributed by atoms with Crippen molar-refractivity contribution in [3.05, 3.63) is 86.5 Å². The second-order valence-electron chi connectivity index (χ2n) is 8.44. The number of H-pyrrole nitrogens is 1. The lowest BCUT2D eigenvalue weighted by Gasteiger charge is -2.36. The van der Waals surface area contributed by atoms with Crippen LogP contribution in [0.3, 0.4) is 0 Å². The van der Waals surface area contributed by atoms with Gasteiger partial charge in [-0.25, -0.2) is 19.3 Å². The molecule has 1 N–H and O–H groups in total. The molecule has 1 atom stereocenters. The maximum Gasteiger partial charge on any atom is 0.329 e. The lowest BCUT2D eigenvalue weighted by molar-refractivity contribution is -0.134. The average Bonchev–Trinajstić information content (AvgIpc) is 2.87. The minimum atomic E-state index is -1.01. The molecule has 0 bridgehead atoms. The lowest BCUT2D eigenvalue weighted by atomic mass is 9.96. The molecule has 0 saturated carbocycles. The first kappa shape index (κ1) is 21.1. The first-order chi connectivity index (χ1) is 16.1. The fourth-order valence-electron chi connectivity index (χ4n) is 4.73. The number of fused-ring (bicyclic) bond motifs is 1. The van der Waals surface area contributed by atoms with Crippen molar-refractivity contribution in [2.75, 3.05) is 31.1 Å². The number of piperazine rings is 1. The Hall–Kier alpha value is -3.75. The quantitative estimate of drug-likeness (QED) is 0.645. The van der Waals surface area contributed by atoms with Gasteiger partial charge in [0.05, 0.1) is 0 Å². The van der Waals surface area contributed by atoms with E-state index in [4.69, 9.17) is 0 Å². The second kappa shape index (κ2) is 9.01. The third-order valence-electron chi connectivity index (χ3n) is 6.46. The van der Waals surface area contributed by atoms with Crippen LogP contribution in [-0.4, -0.2) is 56.5 Å². The standard InChI is InChI=1S/C24H26N6O3/c31-21-18-9-4-5-10-19(18)27-24(33)30(21)20(17-7-2-1-3-8-17)22(32)28-13-15-29(16-14-28)23-25-11-6-12-26-23/h1-3,6-8,11-12,20H,4-5,9-10,13-16H2,(H,27,33). The SMILES string of the molecule is O=C(C(c1ccccc1)n1c(=O)[nH]c2c(c1=O)CCCC2)N1CCN(c2ncccn2)CC1. The first-order valence-electron chi connectivity index (χ1n) is 11.4. The van der Waals surface area contributed by atoms with E-state index in [-0.39, 0.29) is 11.5 Å². The van der Waals surface area contributed by atoms with Crippen LogP contribution in [0.2, 0.25) is 0 Å². The van der Waals surface area contributed by atoms with Gasteiger partial charge < -0.3 is 14.8 Å². The van der Waals surface area contributed by atoms with Crippen LogP contribution in [-0.2, 0) is 17.6 Å². The Morgan fingerprint density at radius 1 is 0.909 bits per heavy atom. The molecule has 1 fully saturated rings. The van der Waals surface area contributed by atoms with Crippen molar-refractivity contribution < 1.29 is 4.79 Å². The van der Waals surface area contributed by atoms with Crippen LogP contribution in [0.25, 0.3) is 0 Å². The Labute approximate surface area is 190 Å². The summed E-state index contributed by atoms with van der Waals surface area (Å²) in [4.78, 5) is 55.5. The number of anilines is 1. The van der Waals surface area contributed by atoms with E-state index in [1.165, 1.54) is 0 Å². The van der Waals surface area contributed by atoms with E-state index in [9.17, 15) is 14.4 Å². The van der Waals surface area contributed by atoms with E-state index in [0.717, 1.165) is 17.4 Å². The number of hydrogen-bond acceptors (Lipinski definition) is 6. The van der Waals surface area contributed by atoms with Gasteiger partial charge in [0, 0.05) is 49.8 Å². The molecule has 1 saturated heterocycles. The van der Waals surface area contributed by atoms with Crippen LogP contribution >= 0.6 is 0 Å². The molecule has 2 aliphatic rings. The minimum absolute atomic E-state index is 0.252. The van der Waals surface area contributed by atoms with Crippen LogP contribution in [0.4, 0.5) is 5.95 Å². The molecule has 5 rings (SSSR count). The summed E-state index contributed by atoms with van der Waals surface area (Å²) in [5, 5.41) is 0. The fourth-order valence-corrected chi connectivity index (χ4v) is 4.73. The van der Waals surface area contributed by atoms with E-state index in [1.54, 1.807) is 35.5 Å². The highest BCUT2D eigenvalue weighted by atomic mass is 16.2. The molecule has 3 heterocycles. The highest BCUT2D eigenvalue weighted by molar-refractivity contribution is 5.84. The molecule has 2 aromatic heterocycles. The maximum absolute atomic E-state index is 13.8. The number of aromatic amines is 1. The van der Waals surface area contributed by atoms with Crippen molar-refractivity contribution in [3.8, 4) is 0 Å².